The third-order valence-corrected chi connectivity index (χ3v) is 3.17. The molecule has 1 aromatic carbocycles. The number of amides is 2. The number of nitrogens with zero attached hydrogens (tertiary/aromatic N) is 1. The monoisotopic (exact) mass is 316 g/mol. The molecule has 7 heteroatoms. The first-order valence-corrected chi connectivity index (χ1v) is 7.04. The first-order chi connectivity index (χ1) is 10.3. The van der Waals surface area contributed by atoms with E-state index in [1.54, 1.807) is 33.0 Å². The molecule has 0 saturated heterocycles. The molecule has 0 saturated carbocycles. The van der Waals surface area contributed by atoms with Gasteiger partial charge in [0.25, 0.3) is 0 Å². The Morgan fingerprint density at radius 2 is 1.91 bits per heavy atom. The van der Waals surface area contributed by atoms with Crippen molar-refractivity contribution < 1.29 is 23.4 Å². The zero-order valence-electron chi connectivity index (χ0n) is 12.9. The number of rotatable bonds is 7. The van der Waals surface area contributed by atoms with Gasteiger partial charge < -0.3 is 20.1 Å². The topological polar surface area (TPSA) is 61.8 Å². The SMILES string of the molecule is CC(O)CCN(C)C(=O)NC(C)c1ccc(OC(F)F)cc1. The van der Waals surface area contributed by atoms with Crippen molar-refractivity contribution in [2.24, 2.45) is 0 Å². The van der Waals surface area contributed by atoms with E-state index in [-0.39, 0.29) is 17.8 Å². The molecule has 2 N–H and O–H groups in total. The minimum Gasteiger partial charge on any atom is -0.435 e. The highest BCUT2D eigenvalue weighted by Gasteiger charge is 2.14. The number of urea groups is 1. The number of benzene rings is 1. The predicted molar refractivity (Wildman–Crippen MR) is 78.9 cm³/mol. The van der Waals surface area contributed by atoms with Crippen LogP contribution >= 0.6 is 0 Å². The van der Waals surface area contributed by atoms with E-state index in [2.05, 4.69) is 10.1 Å². The number of carbonyl (C=O) groups is 1. The summed E-state index contributed by atoms with van der Waals surface area (Å²) in [6, 6.07) is 5.57. The fourth-order valence-corrected chi connectivity index (χ4v) is 1.80. The van der Waals surface area contributed by atoms with E-state index in [0.29, 0.717) is 13.0 Å². The summed E-state index contributed by atoms with van der Waals surface area (Å²) in [5.74, 6) is 0.0753. The summed E-state index contributed by atoms with van der Waals surface area (Å²) < 4.78 is 28.4. The molecule has 1 rings (SSSR count). The standard InChI is InChI=1S/C15H22F2N2O3/c1-10(20)8-9-19(3)15(21)18-11(2)12-4-6-13(7-5-12)22-14(16)17/h4-7,10-11,14,20H,8-9H2,1-3H3,(H,18,21). The highest BCUT2D eigenvalue weighted by atomic mass is 19.3. The Hall–Kier alpha value is -1.89. The molecule has 1 aromatic rings. The number of nitrogens with one attached hydrogen (secondary N) is 1. The third kappa shape index (κ3) is 6.26. The summed E-state index contributed by atoms with van der Waals surface area (Å²) in [5, 5.41) is 12.0. The fraction of sp³-hybridized carbons (Fsp3) is 0.533. The quantitative estimate of drug-likeness (QED) is 0.813. The van der Waals surface area contributed by atoms with Gasteiger partial charge in [0.2, 0.25) is 0 Å². The number of hydrogen-bond acceptors (Lipinski definition) is 3. The summed E-state index contributed by atoms with van der Waals surface area (Å²) in [4.78, 5) is 13.4. The number of carbonyl (C=O) groups excluding carboxylic acids is 1. The lowest BCUT2D eigenvalue weighted by Crippen LogP contribution is -2.39. The lowest BCUT2D eigenvalue weighted by atomic mass is 10.1. The Morgan fingerprint density at radius 1 is 1.32 bits per heavy atom. The zero-order valence-corrected chi connectivity index (χ0v) is 12.9. The molecule has 0 aliphatic carbocycles. The normalized spacial score (nSPS) is 13.6. The molecule has 5 nitrogen and oxygen atoms in total. The molecular formula is C15H22F2N2O3. The number of halogens is 2. The molecule has 0 heterocycles. The summed E-state index contributed by atoms with van der Waals surface area (Å²) >= 11 is 0. The Morgan fingerprint density at radius 3 is 2.41 bits per heavy atom. The van der Waals surface area contributed by atoms with Gasteiger partial charge in [-0.25, -0.2) is 4.79 Å². The Balaban J connectivity index is 2.53. The summed E-state index contributed by atoms with van der Waals surface area (Å²) in [6.45, 7) is 1.04. The maximum atomic E-state index is 12.1. The molecule has 22 heavy (non-hydrogen) atoms. The fourth-order valence-electron chi connectivity index (χ4n) is 1.80. The van der Waals surface area contributed by atoms with E-state index in [4.69, 9.17) is 0 Å². The molecule has 0 aromatic heterocycles. The van der Waals surface area contributed by atoms with Gasteiger partial charge in [0.05, 0.1) is 12.1 Å². The largest absolute Gasteiger partial charge is 0.435 e. The van der Waals surface area contributed by atoms with Crippen LogP contribution in [0.3, 0.4) is 0 Å². The molecule has 0 aliphatic heterocycles. The third-order valence-electron chi connectivity index (χ3n) is 3.17. The van der Waals surface area contributed by atoms with Gasteiger partial charge >= 0.3 is 12.6 Å². The van der Waals surface area contributed by atoms with Crippen LogP contribution in [0.4, 0.5) is 13.6 Å². The van der Waals surface area contributed by atoms with Gasteiger partial charge in [-0.3, -0.25) is 0 Å². The van der Waals surface area contributed by atoms with Gasteiger partial charge in [-0.05, 0) is 38.0 Å². The minimum atomic E-state index is -2.86. The highest BCUT2D eigenvalue weighted by Crippen LogP contribution is 2.19. The van der Waals surface area contributed by atoms with Crippen molar-refractivity contribution in [3.05, 3.63) is 29.8 Å². The Labute approximate surface area is 128 Å². The molecule has 0 fully saturated rings. The smallest absolute Gasteiger partial charge is 0.387 e. The molecular weight excluding hydrogens is 294 g/mol. The van der Waals surface area contributed by atoms with E-state index in [1.165, 1.54) is 17.0 Å². The first-order valence-electron chi connectivity index (χ1n) is 7.04. The maximum Gasteiger partial charge on any atom is 0.387 e. The van der Waals surface area contributed by atoms with E-state index >= 15 is 0 Å². The van der Waals surface area contributed by atoms with E-state index in [0.717, 1.165) is 5.56 Å². The zero-order chi connectivity index (χ0) is 16.7. The van der Waals surface area contributed by atoms with Crippen molar-refractivity contribution >= 4 is 6.03 Å². The van der Waals surface area contributed by atoms with Crippen molar-refractivity contribution in [2.45, 2.75) is 39.0 Å². The Kier molecular flexibility index (Phi) is 7.04. The van der Waals surface area contributed by atoms with Crippen molar-refractivity contribution in [3.63, 3.8) is 0 Å². The number of aliphatic hydroxyl groups excluding tert-OH is 1. The van der Waals surface area contributed by atoms with Gasteiger partial charge in [0, 0.05) is 13.6 Å². The second kappa shape index (κ2) is 8.53. The molecule has 0 aliphatic rings. The molecule has 2 unspecified atom stereocenters. The maximum absolute atomic E-state index is 12.1. The second-order valence-corrected chi connectivity index (χ2v) is 5.18. The summed E-state index contributed by atoms with van der Waals surface area (Å²) in [5.41, 5.74) is 0.777. The molecule has 0 radical (unpaired) electrons. The van der Waals surface area contributed by atoms with Crippen LogP contribution in [0.25, 0.3) is 0 Å². The van der Waals surface area contributed by atoms with Crippen LogP contribution < -0.4 is 10.1 Å². The van der Waals surface area contributed by atoms with Gasteiger partial charge in [-0.15, -0.1) is 0 Å². The van der Waals surface area contributed by atoms with Gasteiger partial charge in [-0.1, -0.05) is 12.1 Å². The molecule has 124 valence electrons. The van der Waals surface area contributed by atoms with Crippen LogP contribution in [0.15, 0.2) is 24.3 Å². The average molecular weight is 316 g/mol. The minimum absolute atomic E-state index is 0.0753. The lowest BCUT2D eigenvalue weighted by Gasteiger charge is -2.22. The van der Waals surface area contributed by atoms with E-state index < -0.39 is 12.7 Å². The van der Waals surface area contributed by atoms with Crippen LogP contribution in [-0.2, 0) is 0 Å². The number of alkyl halides is 2. The number of ether oxygens (including phenoxy) is 1. The molecule has 2 amide bonds. The van der Waals surface area contributed by atoms with Crippen molar-refractivity contribution in [1.82, 2.24) is 10.2 Å². The van der Waals surface area contributed by atoms with Crippen LogP contribution in [0.2, 0.25) is 0 Å². The van der Waals surface area contributed by atoms with Gasteiger partial charge in [0.15, 0.2) is 0 Å². The summed E-state index contributed by atoms with van der Waals surface area (Å²) in [7, 11) is 1.64. The van der Waals surface area contributed by atoms with Crippen LogP contribution in [-0.4, -0.2) is 42.3 Å². The van der Waals surface area contributed by atoms with Crippen LogP contribution in [0, 0.1) is 0 Å². The molecule has 2 atom stereocenters. The molecule has 0 bridgehead atoms. The van der Waals surface area contributed by atoms with Crippen molar-refractivity contribution in [2.75, 3.05) is 13.6 Å². The van der Waals surface area contributed by atoms with E-state index in [9.17, 15) is 18.7 Å². The molecule has 0 spiro atoms. The average Bonchev–Trinajstić information content (AvgIpc) is 2.44. The summed E-state index contributed by atoms with van der Waals surface area (Å²) in [6.07, 6.45) is 0.0351. The second-order valence-electron chi connectivity index (χ2n) is 5.18. The number of hydrogen-bond donors (Lipinski definition) is 2. The van der Waals surface area contributed by atoms with Gasteiger partial charge in [0.1, 0.15) is 5.75 Å². The van der Waals surface area contributed by atoms with Crippen molar-refractivity contribution in [3.8, 4) is 5.75 Å². The van der Waals surface area contributed by atoms with Crippen molar-refractivity contribution in [1.29, 1.82) is 0 Å². The lowest BCUT2D eigenvalue weighted by molar-refractivity contribution is -0.0498. The van der Waals surface area contributed by atoms with E-state index in [1.807, 2.05) is 0 Å². The van der Waals surface area contributed by atoms with Crippen LogP contribution in [0.5, 0.6) is 5.75 Å². The number of aliphatic hydroxyl groups is 1. The highest BCUT2D eigenvalue weighted by molar-refractivity contribution is 5.74. The van der Waals surface area contributed by atoms with Crippen LogP contribution in [0.1, 0.15) is 31.9 Å². The predicted octanol–water partition coefficient (Wildman–Crippen LogP) is 2.76. The first kappa shape index (κ1) is 18.2. The Bertz CT molecular complexity index is 466. The van der Waals surface area contributed by atoms with Gasteiger partial charge in [-0.2, -0.15) is 8.78 Å².